The highest BCUT2D eigenvalue weighted by Gasteiger charge is 2.32. The number of benzene rings is 1. The van der Waals surface area contributed by atoms with Crippen LogP contribution >= 0.6 is 0 Å². The van der Waals surface area contributed by atoms with Crippen LogP contribution in [0.25, 0.3) is 0 Å². The van der Waals surface area contributed by atoms with E-state index in [9.17, 15) is 19.1 Å². The monoisotopic (exact) mass is 294 g/mol. The lowest BCUT2D eigenvalue weighted by Gasteiger charge is -2.34. The number of carboxylic acid groups (broad SMARTS) is 1. The Balaban J connectivity index is 2.18. The van der Waals surface area contributed by atoms with Crippen LogP contribution in [0.2, 0.25) is 0 Å². The normalized spacial score (nSPS) is 18.4. The number of piperidine rings is 1. The van der Waals surface area contributed by atoms with E-state index in [2.05, 4.69) is 0 Å². The van der Waals surface area contributed by atoms with Crippen LogP contribution in [0.5, 0.6) is 0 Å². The van der Waals surface area contributed by atoms with Crippen molar-refractivity contribution in [2.45, 2.75) is 25.8 Å². The standard InChI is InChI=1S/C15H19FN2O3/c1-9-8-11(2-3-12(9)16)13(15(20)21)18-6-4-10(5-7-18)14(17)19/h2-3,8,10,13H,4-7H2,1H3,(H2,17,19)(H,20,21). The first kappa shape index (κ1) is 15.4. The molecule has 1 aromatic carbocycles. The first-order valence-corrected chi connectivity index (χ1v) is 6.92. The number of amides is 1. The number of hydrogen-bond acceptors (Lipinski definition) is 3. The summed E-state index contributed by atoms with van der Waals surface area (Å²) in [4.78, 5) is 24.5. The van der Waals surface area contributed by atoms with Gasteiger partial charge in [-0.05, 0) is 37.0 Å². The van der Waals surface area contributed by atoms with Crippen molar-refractivity contribution in [1.29, 1.82) is 0 Å². The van der Waals surface area contributed by atoms with E-state index in [4.69, 9.17) is 5.73 Å². The van der Waals surface area contributed by atoms with Crippen LogP contribution in [-0.4, -0.2) is 35.0 Å². The SMILES string of the molecule is Cc1cc(C(C(=O)O)N2CCC(C(N)=O)CC2)ccc1F. The van der Waals surface area contributed by atoms with Gasteiger partial charge in [0, 0.05) is 19.0 Å². The van der Waals surface area contributed by atoms with Gasteiger partial charge in [-0.1, -0.05) is 12.1 Å². The van der Waals surface area contributed by atoms with Crippen LogP contribution in [0.1, 0.15) is 30.0 Å². The highest BCUT2D eigenvalue weighted by atomic mass is 19.1. The van der Waals surface area contributed by atoms with Crippen molar-refractivity contribution in [3.05, 3.63) is 35.1 Å². The molecule has 114 valence electrons. The molecule has 1 heterocycles. The van der Waals surface area contributed by atoms with E-state index in [0.717, 1.165) is 0 Å². The second-order valence-corrected chi connectivity index (χ2v) is 5.46. The van der Waals surface area contributed by atoms with Crippen molar-refractivity contribution in [2.75, 3.05) is 13.1 Å². The summed E-state index contributed by atoms with van der Waals surface area (Å²) in [6, 6.07) is 3.53. The molecular weight excluding hydrogens is 275 g/mol. The molecule has 1 atom stereocenters. The average molecular weight is 294 g/mol. The summed E-state index contributed by atoms with van der Waals surface area (Å²) in [7, 11) is 0. The van der Waals surface area contributed by atoms with E-state index < -0.39 is 12.0 Å². The molecule has 0 spiro atoms. The van der Waals surface area contributed by atoms with Gasteiger partial charge >= 0.3 is 5.97 Å². The number of likely N-dealkylation sites (tertiary alicyclic amines) is 1. The van der Waals surface area contributed by atoms with E-state index in [0.29, 0.717) is 37.1 Å². The number of carbonyl (C=O) groups excluding carboxylic acids is 1. The Hall–Kier alpha value is -1.95. The molecule has 0 radical (unpaired) electrons. The Kier molecular flexibility index (Phi) is 4.57. The number of nitrogens with two attached hydrogens (primary N) is 1. The predicted molar refractivity (Wildman–Crippen MR) is 75.0 cm³/mol. The number of aliphatic carboxylic acids is 1. The topological polar surface area (TPSA) is 83.6 Å². The van der Waals surface area contributed by atoms with Gasteiger partial charge in [0.1, 0.15) is 11.9 Å². The first-order valence-electron chi connectivity index (χ1n) is 6.92. The molecule has 1 saturated heterocycles. The molecule has 2 rings (SSSR count). The molecule has 21 heavy (non-hydrogen) atoms. The van der Waals surface area contributed by atoms with E-state index in [1.54, 1.807) is 17.9 Å². The average Bonchev–Trinajstić information content (AvgIpc) is 2.43. The minimum atomic E-state index is -0.974. The van der Waals surface area contributed by atoms with E-state index in [-0.39, 0.29) is 17.6 Å². The van der Waals surface area contributed by atoms with Gasteiger partial charge in [-0.2, -0.15) is 0 Å². The maximum atomic E-state index is 13.3. The maximum absolute atomic E-state index is 13.3. The van der Waals surface area contributed by atoms with Gasteiger partial charge in [0.15, 0.2) is 0 Å². The zero-order chi connectivity index (χ0) is 15.6. The largest absolute Gasteiger partial charge is 0.480 e. The fraction of sp³-hybridized carbons (Fsp3) is 0.467. The summed E-state index contributed by atoms with van der Waals surface area (Å²) in [5.41, 5.74) is 6.26. The van der Waals surface area contributed by atoms with Crippen LogP contribution in [0.4, 0.5) is 4.39 Å². The van der Waals surface area contributed by atoms with Crippen LogP contribution in [0, 0.1) is 18.7 Å². The Morgan fingerprint density at radius 2 is 2.00 bits per heavy atom. The van der Waals surface area contributed by atoms with Crippen LogP contribution in [0.3, 0.4) is 0 Å². The van der Waals surface area contributed by atoms with Crippen molar-refractivity contribution in [1.82, 2.24) is 4.90 Å². The first-order chi connectivity index (χ1) is 9.90. The smallest absolute Gasteiger partial charge is 0.325 e. The minimum absolute atomic E-state index is 0.189. The minimum Gasteiger partial charge on any atom is -0.480 e. The molecule has 1 fully saturated rings. The quantitative estimate of drug-likeness (QED) is 0.880. The number of halogens is 1. The molecule has 0 aromatic heterocycles. The lowest BCUT2D eigenvalue weighted by atomic mass is 9.93. The lowest BCUT2D eigenvalue weighted by molar-refractivity contribution is -0.144. The van der Waals surface area contributed by atoms with E-state index in [1.807, 2.05) is 0 Å². The van der Waals surface area contributed by atoms with Gasteiger partial charge < -0.3 is 10.8 Å². The predicted octanol–water partition coefficient (Wildman–Crippen LogP) is 1.46. The second-order valence-electron chi connectivity index (χ2n) is 5.46. The molecule has 0 aliphatic carbocycles. The molecule has 0 saturated carbocycles. The van der Waals surface area contributed by atoms with Crippen molar-refractivity contribution in [3.8, 4) is 0 Å². The van der Waals surface area contributed by atoms with Gasteiger partial charge in [-0.15, -0.1) is 0 Å². The fourth-order valence-electron chi connectivity index (χ4n) is 2.79. The molecular formula is C15H19FN2O3. The number of rotatable bonds is 4. The third-order valence-corrected chi connectivity index (χ3v) is 4.03. The van der Waals surface area contributed by atoms with Crippen molar-refractivity contribution in [3.63, 3.8) is 0 Å². The van der Waals surface area contributed by atoms with Gasteiger partial charge in [0.05, 0.1) is 0 Å². The third-order valence-electron chi connectivity index (χ3n) is 4.03. The summed E-state index contributed by atoms with van der Waals surface area (Å²) in [5, 5.41) is 9.49. The van der Waals surface area contributed by atoms with Gasteiger partial charge in [-0.25, -0.2) is 4.39 Å². The number of carbonyl (C=O) groups is 2. The molecule has 1 aliphatic rings. The van der Waals surface area contributed by atoms with Crippen LogP contribution in [0.15, 0.2) is 18.2 Å². The van der Waals surface area contributed by atoms with Crippen molar-refractivity contribution >= 4 is 11.9 Å². The Bertz CT molecular complexity index is 554. The molecule has 1 amide bonds. The van der Waals surface area contributed by atoms with Gasteiger partial charge in [0.2, 0.25) is 5.91 Å². The molecule has 1 aromatic rings. The number of primary amides is 1. The molecule has 5 nitrogen and oxygen atoms in total. The Morgan fingerprint density at radius 3 is 2.48 bits per heavy atom. The summed E-state index contributed by atoms with van der Waals surface area (Å²) in [6.07, 6.45) is 1.11. The van der Waals surface area contributed by atoms with E-state index in [1.165, 1.54) is 12.1 Å². The van der Waals surface area contributed by atoms with Crippen molar-refractivity contribution in [2.24, 2.45) is 11.7 Å². The zero-order valence-corrected chi connectivity index (χ0v) is 11.9. The summed E-state index contributed by atoms with van der Waals surface area (Å²) in [6.45, 7) is 2.58. The number of nitrogens with zero attached hydrogens (tertiary/aromatic N) is 1. The van der Waals surface area contributed by atoms with Crippen LogP contribution < -0.4 is 5.73 Å². The third kappa shape index (κ3) is 3.39. The second kappa shape index (κ2) is 6.22. The van der Waals surface area contributed by atoms with Gasteiger partial charge in [0.25, 0.3) is 0 Å². The highest BCUT2D eigenvalue weighted by Crippen LogP contribution is 2.28. The van der Waals surface area contributed by atoms with Gasteiger partial charge in [-0.3, -0.25) is 14.5 Å². The zero-order valence-electron chi connectivity index (χ0n) is 11.9. The summed E-state index contributed by atoms with van der Waals surface area (Å²) < 4.78 is 13.3. The summed E-state index contributed by atoms with van der Waals surface area (Å²) >= 11 is 0. The van der Waals surface area contributed by atoms with Crippen molar-refractivity contribution < 1.29 is 19.1 Å². The molecule has 1 unspecified atom stereocenters. The summed E-state index contributed by atoms with van der Waals surface area (Å²) in [5.74, 6) is -1.85. The van der Waals surface area contributed by atoms with E-state index >= 15 is 0 Å². The fourth-order valence-corrected chi connectivity index (χ4v) is 2.79. The molecule has 6 heteroatoms. The molecule has 1 aliphatic heterocycles. The maximum Gasteiger partial charge on any atom is 0.325 e. The lowest BCUT2D eigenvalue weighted by Crippen LogP contribution is -2.42. The number of aryl methyl sites for hydroxylation is 1. The molecule has 0 bridgehead atoms. The number of carboxylic acids is 1. The highest BCUT2D eigenvalue weighted by molar-refractivity contribution is 5.77. The van der Waals surface area contributed by atoms with Crippen LogP contribution in [-0.2, 0) is 9.59 Å². The number of hydrogen-bond donors (Lipinski definition) is 2. The Labute approximate surface area is 122 Å². The molecule has 3 N–H and O–H groups in total. The Morgan fingerprint density at radius 1 is 1.38 bits per heavy atom.